The number of aliphatic carboxylic acids is 1. The van der Waals surface area contributed by atoms with Gasteiger partial charge in [0, 0.05) is 49.4 Å². The molecule has 3 aromatic rings. The summed E-state index contributed by atoms with van der Waals surface area (Å²) in [5, 5.41) is 13.0. The van der Waals surface area contributed by atoms with Gasteiger partial charge in [-0.2, -0.15) is 0 Å². The van der Waals surface area contributed by atoms with Gasteiger partial charge in [-0.05, 0) is 24.8 Å². The quantitative estimate of drug-likeness (QED) is 0.494. The second-order valence-electron chi connectivity index (χ2n) is 7.76. The summed E-state index contributed by atoms with van der Waals surface area (Å²) in [5.74, 6) is -1.22. The van der Waals surface area contributed by atoms with E-state index in [9.17, 15) is 14.0 Å². The van der Waals surface area contributed by atoms with Crippen molar-refractivity contribution in [1.29, 1.82) is 0 Å². The Hall–Kier alpha value is -3.27. The van der Waals surface area contributed by atoms with Gasteiger partial charge in [-0.1, -0.05) is 11.6 Å². The lowest BCUT2D eigenvalue weighted by Gasteiger charge is -2.33. The lowest BCUT2D eigenvalue weighted by molar-refractivity contribution is -0.141. The van der Waals surface area contributed by atoms with Gasteiger partial charge in [0.2, 0.25) is 5.91 Å². The highest BCUT2D eigenvalue weighted by Crippen LogP contribution is 2.28. The number of aromatic nitrogens is 4. The van der Waals surface area contributed by atoms with Crippen molar-refractivity contribution in [2.75, 3.05) is 25.0 Å². The Labute approximate surface area is 188 Å². The molecular weight excluding hydrogens is 439 g/mol. The predicted octanol–water partition coefficient (Wildman–Crippen LogP) is 3.33. The third-order valence-electron chi connectivity index (χ3n) is 5.47. The summed E-state index contributed by atoms with van der Waals surface area (Å²) in [7, 11) is 0. The smallest absolute Gasteiger partial charge is 0.303 e. The maximum absolute atomic E-state index is 14.4. The highest BCUT2D eigenvalue weighted by atomic mass is 35.5. The fourth-order valence-corrected chi connectivity index (χ4v) is 4.01. The van der Waals surface area contributed by atoms with Crippen molar-refractivity contribution in [3.05, 3.63) is 35.5 Å². The summed E-state index contributed by atoms with van der Waals surface area (Å²) < 4.78 is 14.4. The molecule has 4 rings (SSSR count). The molecule has 1 saturated heterocycles. The van der Waals surface area contributed by atoms with Crippen molar-refractivity contribution >= 4 is 40.3 Å². The molecule has 0 bridgehead atoms. The summed E-state index contributed by atoms with van der Waals surface area (Å²) in [6.07, 6.45) is 5.84. The van der Waals surface area contributed by atoms with Crippen LogP contribution in [0.3, 0.4) is 0 Å². The molecule has 0 saturated carbocycles. The number of aromatic amines is 1. The van der Waals surface area contributed by atoms with Crippen LogP contribution in [-0.2, 0) is 9.59 Å². The standard InChI is InChI=1S/C21H22ClFN6O3/c22-13-6-14-15(9-26-19(14)25-8-13)20-27-10-16(23)21(28-20)24-7-12-2-1-5-29(11-12)17(30)3-4-18(31)32/h6,8-10,12H,1-5,7,11H2,(H,25,26)(H,31,32)(H,24,27,28)/t12-/m1/s1. The minimum atomic E-state index is -0.989. The van der Waals surface area contributed by atoms with Crippen LogP contribution in [0.1, 0.15) is 25.7 Å². The number of carbonyl (C=O) groups is 2. The normalized spacial score (nSPS) is 16.3. The van der Waals surface area contributed by atoms with E-state index < -0.39 is 11.8 Å². The number of amides is 1. The van der Waals surface area contributed by atoms with Crippen LogP contribution in [0.5, 0.6) is 0 Å². The molecule has 0 aliphatic carbocycles. The molecule has 1 aliphatic heterocycles. The van der Waals surface area contributed by atoms with Crippen LogP contribution in [0, 0.1) is 11.7 Å². The average Bonchev–Trinajstić information content (AvgIpc) is 3.20. The third kappa shape index (κ3) is 4.96. The lowest BCUT2D eigenvalue weighted by atomic mass is 9.97. The maximum atomic E-state index is 14.4. The van der Waals surface area contributed by atoms with E-state index in [1.54, 1.807) is 17.2 Å². The Balaban J connectivity index is 1.44. The van der Waals surface area contributed by atoms with E-state index >= 15 is 0 Å². The molecule has 32 heavy (non-hydrogen) atoms. The number of fused-ring (bicyclic) bond motifs is 1. The Morgan fingerprint density at radius 3 is 2.97 bits per heavy atom. The molecule has 1 atom stereocenters. The molecule has 1 amide bonds. The van der Waals surface area contributed by atoms with Crippen molar-refractivity contribution in [2.24, 2.45) is 5.92 Å². The summed E-state index contributed by atoms with van der Waals surface area (Å²) >= 11 is 6.05. The number of H-pyrrole nitrogens is 1. The van der Waals surface area contributed by atoms with Gasteiger partial charge < -0.3 is 20.3 Å². The highest BCUT2D eigenvalue weighted by Gasteiger charge is 2.24. The molecule has 0 spiro atoms. The van der Waals surface area contributed by atoms with Crippen LogP contribution in [0.15, 0.2) is 24.7 Å². The van der Waals surface area contributed by atoms with E-state index in [-0.39, 0.29) is 30.5 Å². The minimum Gasteiger partial charge on any atom is -0.481 e. The van der Waals surface area contributed by atoms with Gasteiger partial charge in [0.25, 0.3) is 0 Å². The van der Waals surface area contributed by atoms with Gasteiger partial charge in [0.05, 0.1) is 17.6 Å². The molecular formula is C21H22ClFN6O3. The summed E-state index contributed by atoms with van der Waals surface area (Å²) in [6, 6.07) is 1.74. The predicted molar refractivity (Wildman–Crippen MR) is 117 cm³/mol. The SMILES string of the molecule is O=C(O)CCC(=O)N1CCC[C@H](CNc2nc(-c3c[nH]c4ncc(Cl)cc34)ncc2F)C1. The second kappa shape index (κ2) is 9.47. The van der Waals surface area contributed by atoms with Gasteiger partial charge in [0.1, 0.15) is 5.65 Å². The first-order chi connectivity index (χ1) is 15.4. The first kappa shape index (κ1) is 21.9. The molecule has 11 heteroatoms. The number of carboxylic acids is 1. The topological polar surface area (TPSA) is 124 Å². The molecule has 0 aromatic carbocycles. The Kier molecular flexibility index (Phi) is 6.50. The molecule has 1 aliphatic rings. The summed E-state index contributed by atoms with van der Waals surface area (Å²) in [5.41, 5.74) is 1.28. The van der Waals surface area contributed by atoms with Gasteiger partial charge in [0.15, 0.2) is 17.5 Å². The maximum Gasteiger partial charge on any atom is 0.303 e. The molecule has 1 fully saturated rings. The molecule has 3 aromatic heterocycles. The average molecular weight is 461 g/mol. The summed E-state index contributed by atoms with van der Waals surface area (Å²) in [4.78, 5) is 40.3. The number of hydrogen-bond donors (Lipinski definition) is 3. The van der Waals surface area contributed by atoms with Crippen molar-refractivity contribution in [1.82, 2.24) is 24.8 Å². The Morgan fingerprint density at radius 2 is 2.16 bits per heavy atom. The lowest BCUT2D eigenvalue weighted by Crippen LogP contribution is -2.42. The van der Waals surface area contributed by atoms with E-state index in [0.717, 1.165) is 24.4 Å². The van der Waals surface area contributed by atoms with Crippen LogP contribution in [-0.4, -0.2) is 61.5 Å². The van der Waals surface area contributed by atoms with Crippen LogP contribution in [0.2, 0.25) is 5.02 Å². The zero-order valence-electron chi connectivity index (χ0n) is 17.1. The van der Waals surface area contributed by atoms with Gasteiger partial charge in [-0.3, -0.25) is 9.59 Å². The Bertz CT molecular complexity index is 1150. The molecule has 4 heterocycles. The number of pyridine rings is 1. The number of rotatable bonds is 7. The highest BCUT2D eigenvalue weighted by molar-refractivity contribution is 6.31. The van der Waals surface area contributed by atoms with Crippen molar-refractivity contribution < 1.29 is 19.1 Å². The zero-order chi connectivity index (χ0) is 22.7. The van der Waals surface area contributed by atoms with Crippen molar-refractivity contribution in [3.8, 4) is 11.4 Å². The number of nitrogens with zero attached hydrogens (tertiary/aromatic N) is 4. The fourth-order valence-electron chi connectivity index (χ4n) is 3.85. The largest absolute Gasteiger partial charge is 0.481 e. The van der Waals surface area contributed by atoms with E-state index in [1.165, 1.54) is 6.20 Å². The van der Waals surface area contributed by atoms with Crippen LogP contribution in [0.25, 0.3) is 22.4 Å². The monoisotopic (exact) mass is 460 g/mol. The number of halogens is 2. The number of carbonyl (C=O) groups excluding carboxylic acids is 1. The van der Waals surface area contributed by atoms with Gasteiger partial charge in [-0.25, -0.2) is 19.3 Å². The number of piperidine rings is 1. The van der Waals surface area contributed by atoms with Crippen LogP contribution >= 0.6 is 11.6 Å². The molecule has 0 unspecified atom stereocenters. The number of nitrogens with one attached hydrogen (secondary N) is 2. The summed E-state index contributed by atoms with van der Waals surface area (Å²) in [6.45, 7) is 1.53. The number of likely N-dealkylation sites (tertiary alicyclic amines) is 1. The van der Waals surface area contributed by atoms with Crippen molar-refractivity contribution in [2.45, 2.75) is 25.7 Å². The van der Waals surface area contributed by atoms with Crippen LogP contribution < -0.4 is 5.32 Å². The second-order valence-corrected chi connectivity index (χ2v) is 8.20. The molecule has 9 nitrogen and oxygen atoms in total. The van der Waals surface area contributed by atoms with E-state index in [0.29, 0.717) is 41.7 Å². The number of hydrogen-bond acceptors (Lipinski definition) is 6. The van der Waals surface area contributed by atoms with E-state index in [1.807, 2.05) is 0 Å². The number of carboxylic acid groups (broad SMARTS) is 1. The molecule has 0 radical (unpaired) electrons. The van der Waals surface area contributed by atoms with Gasteiger partial charge >= 0.3 is 5.97 Å². The van der Waals surface area contributed by atoms with Crippen molar-refractivity contribution in [3.63, 3.8) is 0 Å². The van der Waals surface area contributed by atoms with E-state index in [4.69, 9.17) is 16.7 Å². The minimum absolute atomic E-state index is 0.0110. The molecule has 168 valence electrons. The number of anilines is 1. The van der Waals surface area contributed by atoms with Crippen LogP contribution in [0.4, 0.5) is 10.2 Å². The van der Waals surface area contributed by atoms with Gasteiger partial charge in [-0.15, -0.1) is 0 Å². The Morgan fingerprint density at radius 1 is 1.31 bits per heavy atom. The first-order valence-corrected chi connectivity index (χ1v) is 10.7. The first-order valence-electron chi connectivity index (χ1n) is 10.3. The molecule has 3 N–H and O–H groups in total. The van der Waals surface area contributed by atoms with E-state index in [2.05, 4.69) is 25.3 Å². The zero-order valence-corrected chi connectivity index (χ0v) is 17.9. The third-order valence-corrected chi connectivity index (χ3v) is 5.67. The fraction of sp³-hybridized carbons (Fsp3) is 0.381.